The lowest BCUT2D eigenvalue weighted by molar-refractivity contribution is 0.601. The second-order valence-corrected chi connectivity index (χ2v) is 8.67. The molecule has 0 amide bonds. The molecule has 0 spiro atoms. The van der Waals surface area contributed by atoms with Gasteiger partial charge in [-0.1, -0.05) is 42.0 Å². The normalized spacial score (nSPS) is 11.7. The van der Waals surface area contributed by atoms with Crippen molar-refractivity contribution >= 4 is 27.6 Å². The van der Waals surface area contributed by atoms with Crippen LogP contribution >= 0.6 is 0 Å². The highest BCUT2D eigenvalue weighted by Crippen LogP contribution is 2.26. The molecule has 1 N–H and O–H groups in total. The Labute approximate surface area is 167 Å². The highest BCUT2D eigenvalue weighted by Gasteiger charge is 2.16. The standard InChI is InChI=1S/C23H24N2O2S/c1-16-13-18(3)23(19(4)14-16)25-28(26,27)22-11-9-21(10-12-22)24-15-20-8-6-5-7-17(20)2/h5-15,25H,1-4H3. The fourth-order valence-corrected chi connectivity index (χ4v) is 4.32. The van der Waals surface area contributed by atoms with Gasteiger partial charge in [-0.2, -0.15) is 0 Å². The molecule has 0 heterocycles. The predicted molar refractivity (Wildman–Crippen MR) is 116 cm³/mol. The monoisotopic (exact) mass is 392 g/mol. The van der Waals surface area contributed by atoms with Crippen LogP contribution in [0.25, 0.3) is 0 Å². The van der Waals surface area contributed by atoms with Crippen LogP contribution < -0.4 is 4.72 Å². The summed E-state index contributed by atoms with van der Waals surface area (Å²) >= 11 is 0. The first kappa shape index (κ1) is 19.8. The van der Waals surface area contributed by atoms with E-state index in [1.54, 1.807) is 30.5 Å². The molecule has 0 saturated heterocycles. The van der Waals surface area contributed by atoms with E-state index >= 15 is 0 Å². The number of rotatable bonds is 5. The SMILES string of the molecule is Cc1cc(C)c(NS(=O)(=O)c2ccc(N=Cc3ccccc3C)cc2)c(C)c1. The summed E-state index contributed by atoms with van der Waals surface area (Å²) in [5.41, 5.74) is 6.41. The van der Waals surface area contributed by atoms with Gasteiger partial charge in [0.25, 0.3) is 10.0 Å². The molecule has 0 aliphatic heterocycles. The molecule has 0 unspecified atom stereocenters. The molecule has 28 heavy (non-hydrogen) atoms. The molecule has 0 radical (unpaired) electrons. The third-order valence-electron chi connectivity index (χ3n) is 4.60. The molecule has 5 heteroatoms. The summed E-state index contributed by atoms with van der Waals surface area (Å²) in [6.45, 7) is 7.83. The fraction of sp³-hybridized carbons (Fsp3) is 0.174. The Hall–Kier alpha value is -2.92. The van der Waals surface area contributed by atoms with Gasteiger partial charge in [-0.25, -0.2) is 8.42 Å². The number of nitrogens with zero attached hydrogens (tertiary/aromatic N) is 1. The van der Waals surface area contributed by atoms with E-state index in [2.05, 4.69) is 9.71 Å². The molecule has 0 bridgehead atoms. The van der Waals surface area contributed by atoms with Crippen LogP contribution in [0.2, 0.25) is 0 Å². The summed E-state index contributed by atoms with van der Waals surface area (Å²) in [5.74, 6) is 0. The van der Waals surface area contributed by atoms with Crippen molar-refractivity contribution in [2.24, 2.45) is 4.99 Å². The third kappa shape index (κ3) is 4.49. The lowest BCUT2D eigenvalue weighted by Crippen LogP contribution is -2.14. The maximum absolute atomic E-state index is 12.8. The van der Waals surface area contributed by atoms with Gasteiger partial charge in [0.15, 0.2) is 0 Å². The maximum atomic E-state index is 12.8. The average Bonchev–Trinajstić information content (AvgIpc) is 2.64. The predicted octanol–water partition coefficient (Wildman–Crippen LogP) is 5.47. The first-order valence-electron chi connectivity index (χ1n) is 9.07. The van der Waals surface area contributed by atoms with Gasteiger partial charge in [-0.05, 0) is 74.2 Å². The first-order chi connectivity index (χ1) is 13.3. The zero-order chi connectivity index (χ0) is 20.3. The summed E-state index contributed by atoms with van der Waals surface area (Å²) in [5, 5.41) is 0. The van der Waals surface area contributed by atoms with E-state index in [-0.39, 0.29) is 4.90 Å². The highest BCUT2D eigenvalue weighted by molar-refractivity contribution is 7.92. The Morgan fingerprint density at radius 3 is 2.04 bits per heavy atom. The van der Waals surface area contributed by atoms with Crippen LogP contribution in [-0.2, 0) is 10.0 Å². The molecule has 3 rings (SSSR count). The number of sulfonamides is 1. The lowest BCUT2D eigenvalue weighted by atomic mass is 10.1. The molecule has 0 aliphatic carbocycles. The van der Waals surface area contributed by atoms with Crippen molar-refractivity contribution in [3.63, 3.8) is 0 Å². The van der Waals surface area contributed by atoms with Crippen molar-refractivity contribution in [2.45, 2.75) is 32.6 Å². The smallest absolute Gasteiger partial charge is 0.261 e. The fourth-order valence-electron chi connectivity index (χ4n) is 3.12. The molecular formula is C23H24N2O2S. The minimum Gasteiger partial charge on any atom is -0.279 e. The Morgan fingerprint density at radius 1 is 0.821 bits per heavy atom. The summed E-state index contributed by atoms with van der Waals surface area (Å²) in [6, 6.07) is 18.5. The topological polar surface area (TPSA) is 58.5 Å². The van der Waals surface area contributed by atoms with Crippen molar-refractivity contribution in [2.75, 3.05) is 4.72 Å². The van der Waals surface area contributed by atoms with Crippen LogP contribution in [0.1, 0.15) is 27.8 Å². The molecule has 0 aromatic heterocycles. The number of aliphatic imine (C=N–C) groups is 1. The van der Waals surface area contributed by atoms with Crippen LogP contribution in [0.3, 0.4) is 0 Å². The number of hydrogen-bond acceptors (Lipinski definition) is 3. The summed E-state index contributed by atoms with van der Waals surface area (Å²) in [6.07, 6.45) is 1.79. The quantitative estimate of drug-likeness (QED) is 0.585. The maximum Gasteiger partial charge on any atom is 0.261 e. The van der Waals surface area contributed by atoms with Gasteiger partial charge in [0.05, 0.1) is 16.3 Å². The van der Waals surface area contributed by atoms with Crippen LogP contribution in [0, 0.1) is 27.7 Å². The van der Waals surface area contributed by atoms with E-state index in [0.29, 0.717) is 11.4 Å². The second kappa shape index (κ2) is 7.98. The van der Waals surface area contributed by atoms with Gasteiger partial charge in [0.2, 0.25) is 0 Å². The Morgan fingerprint density at radius 2 is 1.43 bits per heavy atom. The largest absolute Gasteiger partial charge is 0.279 e. The van der Waals surface area contributed by atoms with Gasteiger partial charge in [0, 0.05) is 6.21 Å². The molecule has 4 nitrogen and oxygen atoms in total. The number of benzene rings is 3. The zero-order valence-corrected chi connectivity index (χ0v) is 17.3. The van der Waals surface area contributed by atoms with E-state index in [9.17, 15) is 8.42 Å². The highest BCUT2D eigenvalue weighted by atomic mass is 32.2. The molecule has 0 aliphatic rings. The number of hydrogen-bond donors (Lipinski definition) is 1. The molecule has 0 fully saturated rings. The van der Waals surface area contributed by atoms with Gasteiger partial charge >= 0.3 is 0 Å². The second-order valence-electron chi connectivity index (χ2n) is 6.99. The van der Waals surface area contributed by atoms with Gasteiger partial charge < -0.3 is 0 Å². The van der Waals surface area contributed by atoms with Gasteiger partial charge in [-0.15, -0.1) is 0 Å². The van der Waals surface area contributed by atoms with E-state index < -0.39 is 10.0 Å². The van der Waals surface area contributed by atoms with Gasteiger partial charge in [0.1, 0.15) is 0 Å². The lowest BCUT2D eigenvalue weighted by Gasteiger charge is -2.14. The summed E-state index contributed by atoms with van der Waals surface area (Å²) in [7, 11) is -3.66. The van der Waals surface area contributed by atoms with Gasteiger partial charge in [-0.3, -0.25) is 9.71 Å². The Balaban J connectivity index is 1.82. The summed E-state index contributed by atoms with van der Waals surface area (Å²) < 4.78 is 28.3. The molecule has 3 aromatic rings. The minimum atomic E-state index is -3.66. The van der Waals surface area contributed by atoms with Crippen LogP contribution in [0.4, 0.5) is 11.4 Å². The van der Waals surface area contributed by atoms with E-state index in [1.165, 1.54) is 0 Å². The molecule has 0 saturated carbocycles. The molecule has 0 atom stereocenters. The molecule has 3 aromatic carbocycles. The van der Waals surface area contributed by atoms with E-state index in [0.717, 1.165) is 27.8 Å². The minimum absolute atomic E-state index is 0.210. The van der Waals surface area contributed by atoms with E-state index in [1.807, 2.05) is 64.1 Å². The summed E-state index contributed by atoms with van der Waals surface area (Å²) in [4.78, 5) is 4.65. The number of nitrogens with one attached hydrogen (secondary N) is 1. The average molecular weight is 393 g/mol. The Kier molecular flexibility index (Phi) is 5.66. The van der Waals surface area contributed by atoms with Crippen molar-refractivity contribution in [3.8, 4) is 0 Å². The van der Waals surface area contributed by atoms with Crippen LogP contribution in [0.5, 0.6) is 0 Å². The first-order valence-corrected chi connectivity index (χ1v) is 10.5. The zero-order valence-electron chi connectivity index (χ0n) is 16.5. The van der Waals surface area contributed by atoms with Crippen LogP contribution in [0.15, 0.2) is 70.6 Å². The molecular weight excluding hydrogens is 368 g/mol. The molecule has 144 valence electrons. The Bertz CT molecular complexity index is 1110. The van der Waals surface area contributed by atoms with Crippen molar-refractivity contribution in [3.05, 3.63) is 88.5 Å². The number of anilines is 1. The van der Waals surface area contributed by atoms with E-state index in [4.69, 9.17) is 0 Å². The van der Waals surface area contributed by atoms with Crippen molar-refractivity contribution in [1.82, 2.24) is 0 Å². The third-order valence-corrected chi connectivity index (χ3v) is 5.97. The van der Waals surface area contributed by atoms with Crippen molar-refractivity contribution < 1.29 is 8.42 Å². The van der Waals surface area contributed by atoms with Crippen LogP contribution in [-0.4, -0.2) is 14.6 Å². The van der Waals surface area contributed by atoms with Crippen molar-refractivity contribution in [1.29, 1.82) is 0 Å². The number of aryl methyl sites for hydroxylation is 4.